The first-order valence-corrected chi connectivity index (χ1v) is 10.0. The van der Waals surface area contributed by atoms with E-state index in [9.17, 15) is 4.79 Å². The molecule has 2 saturated heterocycles. The second kappa shape index (κ2) is 7.91. The number of hydrogen-bond acceptors (Lipinski definition) is 6. The lowest BCUT2D eigenvalue weighted by Crippen LogP contribution is -2.66. The summed E-state index contributed by atoms with van der Waals surface area (Å²) in [5.41, 5.74) is 1.06. The predicted octanol–water partition coefficient (Wildman–Crippen LogP) is 3.03. The van der Waals surface area contributed by atoms with Gasteiger partial charge in [-0.15, -0.1) is 0 Å². The Balaban J connectivity index is 1.34. The molecule has 2 aromatic rings. The molecule has 1 spiro atoms. The van der Waals surface area contributed by atoms with Crippen molar-refractivity contribution in [2.24, 2.45) is 5.92 Å². The molecule has 2 fully saturated rings. The molecule has 28 heavy (non-hydrogen) atoms. The summed E-state index contributed by atoms with van der Waals surface area (Å²) in [6.07, 6.45) is 5.27. The van der Waals surface area contributed by atoms with Gasteiger partial charge in [-0.05, 0) is 38.2 Å². The van der Waals surface area contributed by atoms with Gasteiger partial charge in [0.05, 0.1) is 25.4 Å². The van der Waals surface area contributed by atoms with Crippen LogP contribution in [0.5, 0.6) is 5.88 Å². The highest BCUT2D eigenvalue weighted by Gasteiger charge is 2.54. The quantitative estimate of drug-likeness (QED) is 0.729. The van der Waals surface area contributed by atoms with Crippen LogP contribution in [0.2, 0.25) is 0 Å². The third-order valence-corrected chi connectivity index (χ3v) is 5.78. The summed E-state index contributed by atoms with van der Waals surface area (Å²) in [5.74, 6) is 1.73. The minimum atomic E-state index is -0.237. The molecule has 1 atom stereocenters. The maximum atomic E-state index is 13.0. The summed E-state index contributed by atoms with van der Waals surface area (Å²) in [4.78, 5) is 19.0. The number of nitrogens with zero attached hydrogens (tertiary/aromatic N) is 3. The van der Waals surface area contributed by atoms with Crippen molar-refractivity contribution in [2.45, 2.75) is 45.1 Å². The Morgan fingerprint density at radius 2 is 2.25 bits per heavy atom. The van der Waals surface area contributed by atoms with Gasteiger partial charge in [-0.25, -0.2) is 4.98 Å². The molecule has 2 aliphatic heterocycles. The van der Waals surface area contributed by atoms with Crippen LogP contribution in [0.1, 0.15) is 48.0 Å². The normalized spacial score (nSPS) is 20.4. The zero-order valence-electron chi connectivity index (χ0n) is 16.5. The smallest absolute Gasteiger partial charge is 0.259 e. The van der Waals surface area contributed by atoms with Crippen LogP contribution in [-0.2, 0) is 11.2 Å². The number of carbonyl (C=O) groups excluding carboxylic acids is 1. The fraction of sp³-hybridized carbons (Fsp3) is 0.571. The fourth-order valence-electron chi connectivity index (χ4n) is 4.27. The molecule has 2 aromatic heterocycles. The van der Waals surface area contributed by atoms with E-state index in [1.165, 1.54) is 0 Å². The maximum absolute atomic E-state index is 13.0. The Hall–Kier alpha value is -2.41. The van der Waals surface area contributed by atoms with Gasteiger partial charge in [-0.2, -0.15) is 0 Å². The third-order valence-electron chi connectivity index (χ3n) is 5.78. The van der Waals surface area contributed by atoms with Crippen molar-refractivity contribution < 1.29 is 18.8 Å². The second-order valence-electron chi connectivity index (χ2n) is 7.68. The van der Waals surface area contributed by atoms with Crippen molar-refractivity contribution in [1.82, 2.24) is 15.0 Å². The Labute approximate surface area is 165 Å². The van der Waals surface area contributed by atoms with Crippen molar-refractivity contribution in [3.8, 4) is 5.88 Å². The van der Waals surface area contributed by atoms with Gasteiger partial charge >= 0.3 is 0 Å². The number of rotatable bonds is 7. The number of aromatic nitrogens is 2. The average Bonchev–Trinajstić information content (AvgIpc) is 3.25. The molecule has 2 aliphatic rings. The summed E-state index contributed by atoms with van der Waals surface area (Å²) in [6.45, 7) is 6.48. The topological polar surface area (TPSA) is 77.7 Å². The molecule has 0 aromatic carbocycles. The Morgan fingerprint density at radius 1 is 1.39 bits per heavy atom. The Morgan fingerprint density at radius 3 is 3.00 bits per heavy atom. The van der Waals surface area contributed by atoms with Crippen LogP contribution >= 0.6 is 0 Å². The second-order valence-corrected chi connectivity index (χ2v) is 7.68. The largest absolute Gasteiger partial charge is 0.478 e. The molecule has 0 aliphatic carbocycles. The Kier molecular flexibility index (Phi) is 5.35. The fourth-order valence-corrected chi connectivity index (χ4v) is 4.27. The van der Waals surface area contributed by atoms with Gasteiger partial charge in [-0.3, -0.25) is 4.79 Å². The van der Waals surface area contributed by atoms with E-state index in [2.05, 4.69) is 17.1 Å². The molecule has 7 heteroatoms. The van der Waals surface area contributed by atoms with E-state index in [0.717, 1.165) is 32.3 Å². The molecule has 4 heterocycles. The van der Waals surface area contributed by atoms with E-state index < -0.39 is 0 Å². The highest BCUT2D eigenvalue weighted by molar-refractivity contribution is 5.96. The highest BCUT2D eigenvalue weighted by atomic mass is 16.5. The first-order chi connectivity index (χ1) is 13.6. The third kappa shape index (κ3) is 3.51. The number of pyridine rings is 1. The molecular weight excluding hydrogens is 358 g/mol. The van der Waals surface area contributed by atoms with E-state index >= 15 is 0 Å². The predicted molar refractivity (Wildman–Crippen MR) is 102 cm³/mol. The number of ether oxygens (including phenoxy) is 2. The zero-order chi connectivity index (χ0) is 19.6. The first-order valence-electron chi connectivity index (χ1n) is 10.0. The van der Waals surface area contributed by atoms with Crippen LogP contribution in [0, 0.1) is 12.8 Å². The van der Waals surface area contributed by atoms with Crippen molar-refractivity contribution in [3.63, 3.8) is 0 Å². The molecule has 0 unspecified atom stereocenters. The summed E-state index contributed by atoms with van der Waals surface area (Å²) in [5, 5.41) is 3.99. The summed E-state index contributed by atoms with van der Waals surface area (Å²) in [7, 11) is 0. The van der Waals surface area contributed by atoms with Crippen molar-refractivity contribution in [2.75, 3.05) is 26.3 Å². The minimum absolute atomic E-state index is 0.00631. The van der Waals surface area contributed by atoms with Crippen LogP contribution in [0.25, 0.3) is 0 Å². The monoisotopic (exact) mass is 385 g/mol. The van der Waals surface area contributed by atoms with E-state index in [0.29, 0.717) is 48.5 Å². The number of hydrogen-bond donors (Lipinski definition) is 0. The summed E-state index contributed by atoms with van der Waals surface area (Å²) in [6, 6.07) is 5.65. The molecule has 1 amide bonds. The lowest BCUT2D eigenvalue weighted by molar-refractivity contribution is -0.119. The van der Waals surface area contributed by atoms with Crippen LogP contribution in [0.15, 0.2) is 28.9 Å². The first kappa shape index (κ1) is 18.9. The average molecular weight is 385 g/mol. The van der Waals surface area contributed by atoms with Gasteiger partial charge in [0.2, 0.25) is 5.88 Å². The van der Waals surface area contributed by atoms with Gasteiger partial charge in [0.1, 0.15) is 16.9 Å². The lowest BCUT2D eigenvalue weighted by atomic mass is 9.78. The van der Waals surface area contributed by atoms with E-state index in [1.54, 1.807) is 6.20 Å². The van der Waals surface area contributed by atoms with Crippen molar-refractivity contribution in [3.05, 3.63) is 41.4 Å². The van der Waals surface area contributed by atoms with Crippen LogP contribution in [0.4, 0.5) is 0 Å². The molecule has 4 rings (SSSR count). The minimum Gasteiger partial charge on any atom is -0.478 e. The number of carbonyl (C=O) groups is 1. The standard InChI is InChI=1S/C21H27N3O4/c1-3-6-17-19(15(2)23-28-17)20(25)24-13-21(14-24)16(9-12-27-21)8-11-26-18-7-4-5-10-22-18/h4-5,7,10,16H,3,6,8-9,11-14H2,1-2H3/t16-/m0/s1. The highest BCUT2D eigenvalue weighted by Crippen LogP contribution is 2.42. The van der Waals surface area contributed by atoms with Gasteiger partial charge in [-0.1, -0.05) is 18.1 Å². The number of likely N-dealkylation sites (tertiary alicyclic amines) is 1. The SMILES string of the molecule is CCCc1onc(C)c1C(=O)N1CC2(C1)OCC[C@@H]2CCOc1ccccn1. The molecule has 0 N–H and O–H groups in total. The van der Waals surface area contributed by atoms with E-state index in [4.69, 9.17) is 14.0 Å². The van der Waals surface area contributed by atoms with Gasteiger partial charge in [0.25, 0.3) is 5.91 Å². The van der Waals surface area contributed by atoms with Crippen LogP contribution < -0.4 is 4.74 Å². The molecule has 0 radical (unpaired) electrons. The number of amides is 1. The summed E-state index contributed by atoms with van der Waals surface area (Å²) < 4.78 is 17.2. The van der Waals surface area contributed by atoms with Crippen LogP contribution in [-0.4, -0.2) is 52.9 Å². The summed E-state index contributed by atoms with van der Waals surface area (Å²) >= 11 is 0. The van der Waals surface area contributed by atoms with Crippen LogP contribution in [0.3, 0.4) is 0 Å². The molecular formula is C21H27N3O4. The van der Waals surface area contributed by atoms with Gasteiger partial charge < -0.3 is 18.9 Å². The van der Waals surface area contributed by atoms with Crippen molar-refractivity contribution in [1.29, 1.82) is 0 Å². The van der Waals surface area contributed by atoms with E-state index in [1.807, 2.05) is 30.0 Å². The molecule has 0 bridgehead atoms. The lowest BCUT2D eigenvalue weighted by Gasteiger charge is -2.50. The molecule has 0 saturated carbocycles. The zero-order valence-corrected chi connectivity index (χ0v) is 16.5. The Bertz CT molecular complexity index is 814. The maximum Gasteiger partial charge on any atom is 0.259 e. The number of aryl methyl sites for hydroxylation is 2. The van der Waals surface area contributed by atoms with Crippen molar-refractivity contribution >= 4 is 5.91 Å². The molecule has 7 nitrogen and oxygen atoms in total. The van der Waals surface area contributed by atoms with E-state index in [-0.39, 0.29) is 11.5 Å². The van der Waals surface area contributed by atoms with Gasteiger partial charge in [0, 0.05) is 25.3 Å². The molecule has 150 valence electrons. The van der Waals surface area contributed by atoms with Gasteiger partial charge in [0.15, 0.2) is 0 Å².